The van der Waals surface area contributed by atoms with E-state index in [0.717, 1.165) is 4.88 Å². The number of nitrogens with zero attached hydrogens (tertiary/aromatic N) is 3. The average molecular weight is 632 g/mol. The summed E-state index contributed by atoms with van der Waals surface area (Å²) in [4.78, 5) is 51.6. The Bertz CT molecular complexity index is 1620. The molecule has 1 fully saturated rings. The number of aliphatic carboxylic acids is 1. The molecule has 2 aromatic heterocycles. The van der Waals surface area contributed by atoms with Crippen molar-refractivity contribution in [2.75, 3.05) is 20.7 Å². The fourth-order valence-electron chi connectivity index (χ4n) is 5.06. The SMILES string of the molecule is CON(C)[C@H]1C[C@@H](c2ncc(CCC(=O)O)s2)N(C(=O)C(NC(=O)c2coc3ccccc23)c2cc(Cl)ccc2Cl)C1. The summed E-state index contributed by atoms with van der Waals surface area (Å²) in [5.74, 6) is -1.81. The van der Waals surface area contributed by atoms with Gasteiger partial charge in [0.25, 0.3) is 11.8 Å². The third-order valence-corrected chi connectivity index (χ3v) is 9.06. The number of carboxylic acids is 1. The number of nitrogens with one attached hydrogen (secondary N) is 1. The lowest BCUT2D eigenvalue weighted by Crippen LogP contribution is -2.44. The van der Waals surface area contributed by atoms with Crippen LogP contribution in [0.25, 0.3) is 11.0 Å². The number of para-hydroxylation sites is 1. The molecule has 2 aromatic carbocycles. The van der Waals surface area contributed by atoms with Crippen LogP contribution in [0.5, 0.6) is 0 Å². The van der Waals surface area contributed by atoms with E-state index in [9.17, 15) is 14.4 Å². The van der Waals surface area contributed by atoms with Crippen LogP contribution in [0.2, 0.25) is 10.0 Å². The molecule has 42 heavy (non-hydrogen) atoms. The molecule has 3 atom stereocenters. The van der Waals surface area contributed by atoms with Gasteiger partial charge in [-0.05, 0) is 37.1 Å². The molecule has 0 aliphatic carbocycles. The molecule has 0 spiro atoms. The topological polar surface area (TPSA) is 125 Å². The van der Waals surface area contributed by atoms with E-state index in [0.29, 0.717) is 39.4 Å². The normalized spacial score (nSPS) is 17.6. The monoisotopic (exact) mass is 630 g/mol. The summed E-state index contributed by atoms with van der Waals surface area (Å²) in [7, 11) is 3.34. The van der Waals surface area contributed by atoms with E-state index in [4.69, 9.17) is 37.6 Å². The van der Waals surface area contributed by atoms with Crippen LogP contribution in [0.3, 0.4) is 0 Å². The first-order valence-corrected chi connectivity index (χ1v) is 14.7. The first kappa shape index (κ1) is 30.0. The molecule has 220 valence electrons. The number of hydroxylamine groups is 2. The molecule has 0 bridgehead atoms. The summed E-state index contributed by atoms with van der Waals surface area (Å²) >= 11 is 14.3. The van der Waals surface area contributed by atoms with Crippen LogP contribution in [0.1, 0.15) is 50.7 Å². The fraction of sp³-hybridized carbons (Fsp3) is 0.310. The molecule has 1 unspecified atom stereocenters. The summed E-state index contributed by atoms with van der Waals surface area (Å²) < 4.78 is 5.56. The van der Waals surface area contributed by atoms with Gasteiger partial charge in [-0.15, -0.1) is 11.3 Å². The van der Waals surface area contributed by atoms with Crippen molar-refractivity contribution in [1.82, 2.24) is 20.3 Å². The Morgan fingerprint density at radius 2 is 2.05 bits per heavy atom. The third-order valence-electron chi connectivity index (χ3n) is 7.32. The van der Waals surface area contributed by atoms with Gasteiger partial charge in [-0.2, -0.15) is 5.06 Å². The number of amides is 2. The lowest BCUT2D eigenvalue weighted by Gasteiger charge is -2.29. The van der Waals surface area contributed by atoms with Crippen LogP contribution in [0, 0.1) is 0 Å². The Labute approximate surface area is 255 Å². The van der Waals surface area contributed by atoms with E-state index in [-0.39, 0.29) is 29.6 Å². The molecule has 10 nitrogen and oxygen atoms in total. The number of aromatic nitrogens is 1. The van der Waals surface area contributed by atoms with Crippen molar-refractivity contribution in [3.8, 4) is 0 Å². The van der Waals surface area contributed by atoms with Crippen molar-refractivity contribution in [3.05, 3.63) is 86.0 Å². The van der Waals surface area contributed by atoms with E-state index < -0.39 is 29.9 Å². The maximum atomic E-state index is 14.5. The number of carbonyl (C=O) groups excluding carboxylic acids is 2. The zero-order valence-electron chi connectivity index (χ0n) is 22.8. The standard InChI is InChI=1S/C29H28Cl2N4O6S/c1-34(40-2)17-12-23(28-32-13-18(42-28)8-10-25(36)37)35(14-17)29(39)26(20-11-16(30)7-9-22(20)31)33-27(38)21-15-41-24-6-4-3-5-19(21)24/h3-7,9,11,13,15,17,23,26H,8,10,12,14H2,1-2H3,(H,33,38)(H,36,37)/t17-,23-,26?/m0/s1. The number of rotatable bonds is 10. The van der Waals surface area contributed by atoms with Gasteiger partial charge in [0, 0.05) is 45.7 Å². The quantitative estimate of drug-likeness (QED) is 0.219. The summed E-state index contributed by atoms with van der Waals surface area (Å²) in [6.07, 6.45) is 3.84. The van der Waals surface area contributed by atoms with Gasteiger partial charge >= 0.3 is 5.97 Å². The van der Waals surface area contributed by atoms with Crippen molar-refractivity contribution in [2.45, 2.75) is 37.4 Å². The highest BCUT2D eigenvalue weighted by Crippen LogP contribution is 2.39. The Morgan fingerprint density at radius 3 is 2.81 bits per heavy atom. The second kappa shape index (κ2) is 12.8. The van der Waals surface area contributed by atoms with Crippen LogP contribution in [0.4, 0.5) is 0 Å². The van der Waals surface area contributed by atoms with Crippen LogP contribution in [0.15, 0.2) is 59.3 Å². The highest BCUT2D eigenvalue weighted by molar-refractivity contribution is 7.11. The molecule has 5 rings (SSSR count). The number of likely N-dealkylation sites (N-methyl/N-ethyl adjacent to an activating group) is 1. The molecule has 0 saturated carbocycles. The first-order valence-electron chi connectivity index (χ1n) is 13.1. The van der Waals surface area contributed by atoms with Gasteiger partial charge in [0.1, 0.15) is 22.9 Å². The number of likely N-dealkylation sites (tertiary alicyclic amines) is 1. The number of aryl methyl sites for hydroxylation is 1. The van der Waals surface area contributed by atoms with Crippen LogP contribution >= 0.6 is 34.5 Å². The van der Waals surface area contributed by atoms with E-state index in [1.54, 1.807) is 72.8 Å². The molecule has 2 amide bonds. The van der Waals surface area contributed by atoms with Gasteiger partial charge in [-0.1, -0.05) is 41.4 Å². The minimum Gasteiger partial charge on any atom is -0.481 e. The molecule has 1 saturated heterocycles. The second-order valence-corrected chi connectivity index (χ2v) is 11.9. The van der Waals surface area contributed by atoms with Crippen LogP contribution in [-0.2, 0) is 20.8 Å². The molecule has 1 aliphatic rings. The lowest BCUT2D eigenvalue weighted by atomic mass is 10.0. The largest absolute Gasteiger partial charge is 0.481 e. The minimum atomic E-state index is -1.18. The molecule has 0 radical (unpaired) electrons. The first-order chi connectivity index (χ1) is 20.2. The third kappa shape index (κ3) is 6.30. The maximum absolute atomic E-state index is 14.5. The van der Waals surface area contributed by atoms with Crippen molar-refractivity contribution in [2.24, 2.45) is 0 Å². The Morgan fingerprint density at radius 1 is 1.26 bits per heavy atom. The number of fused-ring (bicyclic) bond motifs is 1. The number of hydrogen-bond donors (Lipinski definition) is 2. The zero-order valence-corrected chi connectivity index (χ0v) is 25.1. The lowest BCUT2D eigenvalue weighted by molar-refractivity contribution is -0.142. The van der Waals surface area contributed by atoms with E-state index in [2.05, 4.69) is 10.3 Å². The molecule has 3 heterocycles. The summed E-state index contributed by atoms with van der Waals surface area (Å²) in [5.41, 5.74) is 1.16. The number of furan rings is 1. The van der Waals surface area contributed by atoms with Crippen LogP contribution in [-0.4, -0.2) is 64.6 Å². The minimum absolute atomic E-state index is 0.0198. The summed E-state index contributed by atoms with van der Waals surface area (Å²) in [5, 5.41) is 15.5. The van der Waals surface area contributed by atoms with Gasteiger partial charge in [-0.25, -0.2) is 4.98 Å². The molecule has 13 heteroatoms. The number of halogens is 2. The smallest absolute Gasteiger partial charge is 0.303 e. The van der Waals surface area contributed by atoms with Gasteiger partial charge < -0.3 is 24.6 Å². The summed E-state index contributed by atoms with van der Waals surface area (Å²) in [6, 6.07) is 10.1. The number of thiazole rings is 1. The van der Waals surface area contributed by atoms with Gasteiger partial charge in [0.15, 0.2) is 0 Å². The highest BCUT2D eigenvalue weighted by atomic mass is 35.5. The predicted octanol–water partition coefficient (Wildman–Crippen LogP) is 5.52. The molecule has 1 aliphatic heterocycles. The van der Waals surface area contributed by atoms with Crippen molar-refractivity contribution < 1.29 is 28.7 Å². The van der Waals surface area contributed by atoms with Gasteiger partial charge in [0.05, 0.1) is 31.2 Å². The predicted molar refractivity (Wildman–Crippen MR) is 159 cm³/mol. The Hall–Kier alpha value is -3.48. The summed E-state index contributed by atoms with van der Waals surface area (Å²) in [6.45, 7) is 0.289. The molecular weight excluding hydrogens is 603 g/mol. The average Bonchev–Trinajstić information content (AvgIpc) is 3.73. The van der Waals surface area contributed by atoms with Crippen molar-refractivity contribution in [1.29, 1.82) is 0 Å². The van der Waals surface area contributed by atoms with Gasteiger partial charge in [0.2, 0.25) is 0 Å². The maximum Gasteiger partial charge on any atom is 0.303 e. The van der Waals surface area contributed by atoms with Gasteiger partial charge in [-0.3, -0.25) is 14.4 Å². The Balaban J connectivity index is 1.51. The van der Waals surface area contributed by atoms with E-state index in [1.807, 2.05) is 0 Å². The fourth-order valence-corrected chi connectivity index (χ4v) is 6.51. The number of carbonyl (C=O) groups is 3. The highest BCUT2D eigenvalue weighted by Gasteiger charge is 2.43. The second-order valence-electron chi connectivity index (χ2n) is 9.90. The van der Waals surface area contributed by atoms with Crippen molar-refractivity contribution >= 4 is 63.3 Å². The number of hydrogen-bond acceptors (Lipinski definition) is 8. The van der Waals surface area contributed by atoms with Crippen molar-refractivity contribution in [3.63, 3.8) is 0 Å². The van der Waals surface area contributed by atoms with Crippen LogP contribution < -0.4 is 5.32 Å². The number of carboxylic acid groups (broad SMARTS) is 1. The molecule has 2 N–H and O–H groups in total. The number of benzene rings is 2. The molecular formula is C29H28Cl2N4O6S. The zero-order chi connectivity index (χ0) is 30.0. The Kier molecular flexibility index (Phi) is 9.14. The van der Waals surface area contributed by atoms with E-state index >= 15 is 0 Å². The molecule has 4 aromatic rings. The van der Waals surface area contributed by atoms with E-state index in [1.165, 1.54) is 17.6 Å².